The van der Waals surface area contributed by atoms with E-state index in [0.717, 1.165) is 0 Å². The smallest absolute Gasteiger partial charge is 0.259 e. The molecule has 1 rings (SSSR count). The molecule has 2 atom stereocenters. The predicted octanol–water partition coefficient (Wildman–Crippen LogP) is 1.46. The van der Waals surface area contributed by atoms with Gasteiger partial charge in [-0.25, -0.2) is 17.7 Å². The molecule has 0 aromatic carbocycles. The molecule has 15 heavy (non-hydrogen) atoms. The Labute approximate surface area is 91.2 Å². The number of halogens is 2. The van der Waals surface area contributed by atoms with Crippen molar-refractivity contribution in [1.82, 2.24) is 4.72 Å². The van der Waals surface area contributed by atoms with Gasteiger partial charge in [0.1, 0.15) is 5.54 Å². The molecule has 3 nitrogen and oxygen atoms in total. The van der Waals surface area contributed by atoms with Crippen LogP contribution in [0.3, 0.4) is 0 Å². The monoisotopic (exact) mass is 241 g/mol. The van der Waals surface area contributed by atoms with Gasteiger partial charge < -0.3 is 4.74 Å². The SMILES string of the molecule is CC(C)(C)S(=O)NC1(C(F)F)CCOC1. The van der Waals surface area contributed by atoms with Crippen LogP contribution >= 0.6 is 0 Å². The first kappa shape index (κ1) is 13.0. The van der Waals surface area contributed by atoms with Crippen LogP contribution in [0.2, 0.25) is 0 Å². The molecule has 90 valence electrons. The lowest BCUT2D eigenvalue weighted by atomic mass is 10.0. The lowest BCUT2D eigenvalue weighted by Crippen LogP contribution is -2.55. The van der Waals surface area contributed by atoms with Gasteiger partial charge in [-0.3, -0.25) is 0 Å². The van der Waals surface area contributed by atoms with Gasteiger partial charge >= 0.3 is 0 Å². The highest BCUT2D eigenvalue weighted by Gasteiger charge is 2.46. The zero-order chi connectivity index (χ0) is 11.7. The minimum atomic E-state index is -2.56. The summed E-state index contributed by atoms with van der Waals surface area (Å²) in [4.78, 5) is 0. The molecular formula is C9H17F2NO2S. The summed E-state index contributed by atoms with van der Waals surface area (Å²) in [5.74, 6) is 0. The first-order valence-electron chi connectivity index (χ1n) is 4.83. The first-order valence-corrected chi connectivity index (χ1v) is 5.98. The Morgan fingerprint density at radius 1 is 1.47 bits per heavy atom. The zero-order valence-electron chi connectivity index (χ0n) is 9.18. The van der Waals surface area contributed by atoms with Crippen molar-refractivity contribution < 1.29 is 17.7 Å². The van der Waals surface area contributed by atoms with E-state index >= 15 is 0 Å². The summed E-state index contributed by atoms with van der Waals surface area (Å²) in [6, 6.07) is 0. The second-order valence-corrected chi connectivity index (χ2v) is 6.71. The first-order chi connectivity index (χ1) is 6.78. The van der Waals surface area contributed by atoms with E-state index in [0.29, 0.717) is 6.61 Å². The van der Waals surface area contributed by atoms with Gasteiger partial charge in [-0.1, -0.05) is 0 Å². The molecule has 0 aromatic rings. The van der Waals surface area contributed by atoms with Crippen LogP contribution in [0.4, 0.5) is 8.78 Å². The summed E-state index contributed by atoms with van der Waals surface area (Å²) in [6.45, 7) is 5.44. The van der Waals surface area contributed by atoms with Crippen molar-refractivity contribution in [2.24, 2.45) is 0 Å². The van der Waals surface area contributed by atoms with E-state index in [1.165, 1.54) is 0 Å². The number of alkyl halides is 2. The second-order valence-electron chi connectivity index (χ2n) is 4.74. The second kappa shape index (κ2) is 4.43. The molecule has 1 fully saturated rings. The average molecular weight is 241 g/mol. The van der Waals surface area contributed by atoms with Gasteiger partial charge in [0, 0.05) is 6.61 Å². The van der Waals surface area contributed by atoms with E-state index < -0.39 is 27.7 Å². The van der Waals surface area contributed by atoms with Crippen molar-refractivity contribution in [2.45, 2.75) is 43.9 Å². The molecule has 1 N–H and O–H groups in total. The summed E-state index contributed by atoms with van der Waals surface area (Å²) in [5, 5.41) is 0. The fourth-order valence-electron chi connectivity index (χ4n) is 1.22. The third kappa shape index (κ3) is 2.95. The molecule has 1 aliphatic heterocycles. The Morgan fingerprint density at radius 3 is 2.40 bits per heavy atom. The van der Waals surface area contributed by atoms with Crippen molar-refractivity contribution in [2.75, 3.05) is 13.2 Å². The maximum absolute atomic E-state index is 12.9. The fourth-order valence-corrected chi connectivity index (χ4v) is 2.14. The molecule has 6 heteroatoms. The van der Waals surface area contributed by atoms with Crippen LogP contribution in [-0.2, 0) is 15.7 Å². The quantitative estimate of drug-likeness (QED) is 0.812. The minimum Gasteiger partial charge on any atom is -0.379 e. The molecule has 0 aromatic heterocycles. The third-order valence-electron chi connectivity index (χ3n) is 2.32. The topological polar surface area (TPSA) is 38.3 Å². The molecule has 1 heterocycles. The van der Waals surface area contributed by atoms with Crippen LogP contribution in [-0.4, -0.2) is 34.1 Å². The van der Waals surface area contributed by atoms with Gasteiger partial charge in [-0.05, 0) is 27.2 Å². The van der Waals surface area contributed by atoms with E-state index in [2.05, 4.69) is 4.72 Å². The number of ether oxygens (including phenoxy) is 1. The van der Waals surface area contributed by atoms with E-state index in [-0.39, 0.29) is 13.0 Å². The molecule has 2 unspecified atom stereocenters. The molecule has 0 saturated carbocycles. The summed E-state index contributed by atoms with van der Waals surface area (Å²) < 4.78 is 44.4. The van der Waals surface area contributed by atoms with Crippen LogP contribution in [0, 0.1) is 0 Å². The Balaban J connectivity index is 2.72. The summed E-state index contributed by atoms with van der Waals surface area (Å²) in [7, 11) is -1.50. The summed E-state index contributed by atoms with van der Waals surface area (Å²) in [6.07, 6.45) is -2.36. The van der Waals surface area contributed by atoms with Crippen molar-refractivity contribution in [3.8, 4) is 0 Å². The van der Waals surface area contributed by atoms with Gasteiger partial charge in [0.2, 0.25) is 0 Å². The molecule has 0 amide bonds. The molecular weight excluding hydrogens is 224 g/mol. The van der Waals surface area contributed by atoms with Gasteiger partial charge in [-0.15, -0.1) is 0 Å². The van der Waals surface area contributed by atoms with E-state index in [9.17, 15) is 13.0 Å². The van der Waals surface area contributed by atoms with E-state index in [1.807, 2.05) is 0 Å². The maximum atomic E-state index is 12.9. The lowest BCUT2D eigenvalue weighted by Gasteiger charge is -2.30. The molecule has 0 bridgehead atoms. The predicted molar refractivity (Wildman–Crippen MR) is 55.2 cm³/mol. The third-order valence-corrected chi connectivity index (χ3v) is 4.03. The molecule has 0 spiro atoms. The van der Waals surface area contributed by atoms with Crippen molar-refractivity contribution in [1.29, 1.82) is 0 Å². The molecule has 1 saturated heterocycles. The molecule has 1 aliphatic rings. The molecule has 0 aliphatic carbocycles. The number of rotatable bonds is 3. The standard InChI is InChI=1S/C9H17F2NO2S/c1-8(2,3)15(13)12-9(7(10)11)4-5-14-6-9/h7,12H,4-6H2,1-3H3. The Kier molecular flexibility index (Phi) is 3.84. The summed E-state index contributed by atoms with van der Waals surface area (Å²) >= 11 is 0. The molecule has 0 radical (unpaired) electrons. The van der Waals surface area contributed by atoms with Crippen molar-refractivity contribution in [3.05, 3.63) is 0 Å². The van der Waals surface area contributed by atoms with E-state index in [4.69, 9.17) is 4.74 Å². The van der Waals surface area contributed by atoms with Crippen LogP contribution in [0.15, 0.2) is 0 Å². The number of hydrogen-bond donors (Lipinski definition) is 1. The van der Waals surface area contributed by atoms with Gasteiger partial charge in [0.15, 0.2) is 0 Å². The number of hydrogen-bond acceptors (Lipinski definition) is 2. The lowest BCUT2D eigenvalue weighted by molar-refractivity contribution is 0.0351. The Bertz CT molecular complexity index is 247. The van der Waals surface area contributed by atoms with Gasteiger partial charge in [0.05, 0.1) is 22.3 Å². The van der Waals surface area contributed by atoms with Crippen LogP contribution in [0.1, 0.15) is 27.2 Å². The zero-order valence-corrected chi connectivity index (χ0v) is 10.00. The Morgan fingerprint density at radius 2 is 2.07 bits per heavy atom. The maximum Gasteiger partial charge on any atom is 0.259 e. The minimum absolute atomic E-state index is 0.0769. The van der Waals surface area contributed by atoms with Gasteiger partial charge in [0.25, 0.3) is 6.43 Å². The Hall–Kier alpha value is -0.0700. The number of nitrogens with one attached hydrogen (secondary N) is 1. The fraction of sp³-hybridized carbons (Fsp3) is 1.00. The highest BCUT2D eigenvalue weighted by Crippen LogP contribution is 2.28. The average Bonchev–Trinajstić information content (AvgIpc) is 2.52. The summed E-state index contributed by atoms with van der Waals surface area (Å²) in [5.41, 5.74) is -1.43. The van der Waals surface area contributed by atoms with Crippen LogP contribution in [0.5, 0.6) is 0 Å². The highest BCUT2D eigenvalue weighted by atomic mass is 32.2. The van der Waals surface area contributed by atoms with Crippen molar-refractivity contribution in [3.63, 3.8) is 0 Å². The van der Waals surface area contributed by atoms with Crippen molar-refractivity contribution >= 4 is 11.0 Å². The van der Waals surface area contributed by atoms with Crippen LogP contribution in [0.25, 0.3) is 0 Å². The highest BCUT2D eigenvalue weighted by molar-refractivity contribution is 7.84. The van der Waals surface area contributed by atoms with Gasteiger partial charge in [-0.2, -0.15) is 0 Å². The largest absolute Gasteiger partial charge is 0.379 e. The van der Waals surface area contributed by atoms with Crippen LogP contribution < -0.4 is 4.72 Å². The normalized spacial score (nSPS) is 29.7. The van der Waals surface area contributed by atoms with E-state index in [1.54, 1.807) is 20.8 Å².